The lowest BCUT2D eigenvalue weighted by Gasteiger charge is -2.25. The fourth-order valence-electron chi connectivity index (χ4n) is 2.95. The van der Waals surface area contributed by atoms with Gasteiger partial charge in [-0.1, -0.05) is 18.2 Å². The number of carbonyl (C=O) groups excluding carboxylic acids is 1. The highest BCUT2D eigenvalue weighted by Crippen LogP contribution is 2.33. The number of hydrogen-bond acceptors (Lipinski definition) is 1. The maximum absolute atomic E-state index is 11.9. The van der Waals surface area contributed by atoms with Crippen LogP contribution < -0.4 is 0 Å². The Balaban J connectivity index is 2.33. The molecule has 1 aliphatic heterocycles. The molecule has 1 aromatic heterocycles. The van der Waals surface area contributed by atoms with Gasteiger partial charge in [-0.25, -0.2) is 0 Å². The summed E-state index contributed by atoms with van der Waals surface area (Å²) in [7, 11) is 1.88. The lowest BCUT2D eigenvalue weighted by atomic mass is 10.0. The van der Waals surface area contributed by atoms with E-state index in [1.807, 2.05) is 11.9 Å². The summed E-state index contributed by atoms with van der Waals surface area (Å²) in [5.41, 5.74) is 3.77. The van der Waals surface area contributed by atoms with Crippen LogP contribution in [0.25, 0.3) is 10.9 Å². The van der Waals surface area contributed by atoms with Crippen LogP contribution in [0.1, 0.15) is 31.1 Å². The first-order valence-corrected chi connectivity index (χ1v) is 6.44. The van der Waals surface area contributed by atoms with Crippen molar-refractivity contribution in [1.82, 2.24) is 9.47 Å². The number of para-hydroxylation sites is 1. The number of aromatic nitrogens is 1. The van der Waals surface area contributed by atoms with Crippen molar-refractivity contribution in [3.63, 3.8) is 0 Å². The van der Waals surface area contributed by atoms with E-state index in [2.05, 4.69) is 42.7 Å². The monoisotopic (exact) mass is 242 g/mol. The quantitative estimate of drug-likeness (QED) is 0.755. The first-order valence-electron chi connectivity index (χ1n) is 6.44. The maximum Gasteiger partial charge on any atom is 0.228 e. The van der Waals surface area contributed by atoms with Crippen LogP contribution in [0.5, 0.6) is 0 Å². The summed E-state index contributed by atoms with van der Waals surface area (Å²) in [6, 6.07) is 8.84. The fourth-order valence-corrected chi connectivity index (χ4v) is 2.95. The van der Waals surface area contributed by atoms with Gasteiger partial charge in [0.2, 0.25) is 5.91 Å². The van der Waals surface area contributed by atoms with Gasteiger partial charge in [-0.3, -0.25) is 4.79 Å². The second-order valence-corrected chi connectivity index (χ2v) is 5.33. The van der Waals surface area contributed by atoms with E-state index in [0.717, 1.165) is 6.54 Å². The Bertz CT molecular complexity index is 625. The topological polar surface area (TPSA) is 25.2 Å². The summed E-state index contributed by atoms with van der Waals surface area (Å²) in [6.45, 7) is 5.08. The van der Waals surface area contributed by atoms with E-state index in [0.29, 0.717) is 12.5 Å². The Morgan fingerprint density at radius 2 is 1.94 bits per heavy atom. The van der Waals surface area contributed by atoms with Crippen LogP contribution >= 0.6 is 0 Å². The van der Waals surface area contributed by atoms with Crippen LogP contribution in [0.4, 0.5) is 0 Å². The highest BCUT2D eigenvalue weighted by atomic mass is 16.2. The third-order valence-electron chi connectivity index (χ3n) is 3.78. The second kappa shape index (κ2) is 3.87. The van der Waals surface area contributed by atoms with Crippen molar-refractivity contribution >= 4 is 16.8 Å². The number of likely N-dealkylation sites (N-methyl/N-ethyl adjacent to an activating group) is 1. The van der Waals surface area contributed by atoms with Crippen LogP contribution in [0.15, 0.2) is 24.3 Å². The summed E-state index contributed by atoms with van der Waals surface area (Å²) in [5.74, 6) is 0.215. The number of carbonyl (C=O) groups is 1. The van der Waals surface area contributed by atoms with Gasteiger partial charge in [-0.2, -0.15) is 0 Å². The van der Waals surface area contributed by atoms with Crippen molar-refractivity contribution in [2.45, 2.75) is 32.9 Å². The number of rotatable bonds is 1. The van der Waals surface area contributed by atoms with Gasteiger partial charge in [-0.05, 0) is 19.9 Å². The van der Waals surface area contributed by atoms with E-state index in [1.54, 1.807) is 0 Å². The van der Waals surface area contributed by atoms with Crippen molar-refractivity contribution in [2.24, 2.45) is 0 Å². The highest BCUT2D eigenvalue weighted by Gasteiger charge is 2.27. The van der Waals surface area contributed by atoms with Crippen LogP contribution in [-0.4, -0.2) is 22.4 Å². The predicted octanol–water partition coefficient (Wildman–Crippen LogP) is 2.74. The summed E-state index contributed by atoms with van der Waals surface area (Å²) in [5, 5.41) is 1.29. The molecule has 1 aromatic carbocycles. The minimum absolute atomic E-state index is 0.215. The maximum atomic E-state index is 11.9. The number of fused-ring (bicyclic) bond motifs is 3. The number of nitrogens with zero attached hydrogens (tertiary/aromatic N) is 2. The Kier molecular flexibility index (Phi) is 2.44. The second-order valence-electron chi connectivity index (χ2n) is 5.33. The van der Waals surface area contributed by atoms with Crippen molar-refractivity contribution in [3.05, 3.63) is 35.5 Å². The molecule has 0 saturated carbocycles. The van der Waals surface area contributed by atoms with Crippen molar-refractivity contribution in [2.75, 3.05) is 7.05 Å². The molecule has 0 atom stereocenters. The van der Waals surface area contributed by atoms with E-state index in [-0.39, 0.29) is 5.91 Å². The zero-order valence-electron chi connectivity index (χ0n) is 11.1. The summed E-state index contributed by atoms with van der Waals surface area (Å²) in [4.78, 5) is 13.7. The van der Waals surface area contributed by atoms with Crippen LogP contribution in [0.2, 0.25) is 0 Å². The van der Waals surface area contributed by atoms with Crippen molar-refractivity contribution in [1.29, 1.82) is 0 Å². The molecule has 1 amide bonds. The lowest BCUT2D eigenvalue weighted by Crippen LogP contribution is -2.33. The average molecular weight is 242 g/mol. The smallest absolute Gasteiger partial charge is 0.228 e. The largest absolute Gasteiger partial charge is 0.341 e. The predicted molar refractivity (Wildman–Crippen MR) is 72.5 cm³/mol. The zero-order chi connectivity index (χ0) is 12.9. The van der Waals surface area contributed by atoms with E-state index < -0.39 is 0 Å². The molecule has 0 bridgehead atoms. The number of amides is 1. The van der Waals surface area contributed by atoms with Crippen LogP contribution in [-0.2, 0) is 17.8 Å². The minimum Gasteiger partial charge on any atom is -0.341 e. The van der Waals surface area contributed by atoms with Crippen LogP contribution in [0.3, 0.4) is 0 Å². The highest BCUT2D eigenvalue weighted by molar-refractivity contribution is 5.90. The van der Waals surface area contributed by atoms with Gasteiger partial charge in [-0.15, -0.1) is 0 Å². The molecule has 0 spiro atoms. The zero-order valence-corrected chi connectivity index (χ0v) is 11.1. The normalized spacial score (nSPS) is 15.6. The molecule has 3 nitrogen and oxygen atoms in total. The molecule has 1 aliphatic rings. The summed E-state index contributed by atoms with van der Waals surface area (Å²) >= 11 is 0. The molecule has 3 heteroatoms. The summed E-state index contributed by atoms with van der Waals surface area (Å²) < 4.78 is 2.32. The molecule has 2 heterocycles. The van der Waals surface area contributed by atoms with Gasteiger partial charge >= 0.3 is 0 Å². The molecule has 0 N–H and O–H groups in total. The molecular weight excluding hydrogens is 224 g/mol. The van der Waals surface area contributed by atoms with Gasteiger partial charge in [0.25, 0.3) is 0 Å². The van der Waals surface area contributed by atoms with Gasteiger partial charge in [0.05, 0.1) is 6.42 Å². The molecule has 0 fully saturated rings. The first-order chi connectivity index (χ1) is 8.59. The SMILES string of the molecule is CC(C)n1c2c(c3ccccc31)CN(C)C(=O)C2. The molecule has 18 heavy (non-hydrogen) atoms. The Morgan fingerprint density at radius 3 is 2.67 bits per heavy atom. The minimum atomic E-state index is 0.215. The Morgan fingerprint density at radius 1 is 1.22 bits per heavy atom. The molecule has 0 radical (unpaired) electrons. The van der Waals surface area contributed by atoms with Gasteiger partial charge in [0.1, 0.15) is 0 Å². The molecule has 94 valence electrons. The number of benzene rings is 1. The lowest BCUT2D eigenvalue weighted by molar-refractivity contribution is -0.130. The Labute approximate surface area is 107 Å². The molecule has 3 rings (SSSR count). The Hall–Kier alpha value is -1.77. The van der Waals surface area contributed by atoms with Crippen LogP contribution in [0, 0.1) is 0 Å². The van der Waals surface area contributed by atoms with Gasteiger partial charge in [0.15, 0.2) is 0 Å². The van der Waals surface area contributed by atoms with E-state index in [9.17, 15) is 4.79 Å². The van der Waals surface area contributed by atoms with E-state index >= 15 is 0 Å². The molecular formula is C15H18N2O. The first kappa shape index (κ1) is 11.3. The third kappa shape index (κ3) is 1.47. The summed E-state index contributed by atoms with van der Waals surface area (Å²) in [6.07, 6.45) is 0.526. The molecule has 0 saturated heterocycles. The number of hydrogen-bond donors (Lipinski definition) is 0. The molecule has 0 unspecified atom stereocenters. The van der Waals surface area contributed by atoms with Gasteiger partial charge in [0, 0.05) is 41.8 Å². The van der Waals surface area contributed by atoms with E-state index in [1.165, 1.54) is 22.2 Å². The average Bonchev–Trinajstić information content (AvgIpc) is 2.64. The van der Waals surface area contributed by atoms with E-state index in [4.69, 9.17) is 0 Å². The van der Waals surface area contributed by atoms with Crippen molar-refractivity contribution in [3.8, 4) is 0 Å². The standard InChI is InChI=1S/C15H18N2O/c1-10(2)17-13-7-5-4-6-11(13)12-9-16(3)15(18)8-14(12)17/h4-7,10H,8-9H2,1-3H3. The van der Waals surface area contributed by atoms with Gasteiger partial charge < -0.3 is 9.47 Å². The van der Waals surface area contributed by atoms with Crippen molar-refractivity contribution < 1.29 is 4.79 Å². The third-order valence-corrected chi connectivity index (χ3v) is 3.78. The molecule has 0 aliphatic carbocycles. The fraction of sp³-hybridized carbons (Fsp3) is 0.400. The molecule has 2 aromatic rings.